The number of hydrogen-bond donors (Lipinski definition) is 1. The normalized spacial score (nSPS) is 11.4. The van der Waals surface area contributed by atoms with Crippen LogP contribution in [0.2, 0.25) is 0 Å². The molecule has 22 heavy (non-hydrogen) atoms. The fraction of sp³-hybridized carbons (Fsp3) is 0.312. The van der Waals surface area contributed by atoms with Crippen LogP contribution in [0.25, 0.3) is 10.6 Å². The lowest BCUT2D eigenvalue weighted by Crippen LogP contribution is -2.25. The Hall–Kier alpha value is -1.47. The second kappa shape index (κ2) is 7.69. The zero-order valence-corrected chi connectivity index (χ0v) is 14.1. The van der Waals surface area contributed by atoms with Gasteiger partial charge in [0.1, 0.15) is 0 Å². The third-order valence-corrected chi connectivity index (χ3v) is 5.34. The molecule has 0 saturated carbocycles. The van der Waals surface area contributed by atoms with Crippen LogP contribution in [-0.2, 0) is 17.8 Å². The van der Waals surface area contributed by atoms with Crippen LogP contribution in [-0.4, -0.2) is 35.4 Å². The van der Waals surface area contributed by atoms with E-state index in [2.05, 4.69) is 44.7 Å². The molecule has 3 aromatic heterocycles. The van der Waals surface area contributed by atoms with Crippen molar-refractivity contribution in [1.82, 2.24) is 15.1 Å². The minimum absolute atomic E-state index is 0.754. The van der Waals surface area contributed by atoms with Crippen molar-refractivity contribution in [3.63, 3.8) is 0 Å². The summed E-state index contributed by atoms with van der Waals surface area (Å²) < 4.78 is 5.25. The van der Waals surface area contributed by atoms with Crippen LogP contribution < -0.4 is 0 Å². The van der Waals surface area contributed by atoms with E-state index >= 15 is 0 Å². The molecule has 0 aliphatic carbocycles. The van der Waals surface area contributed by atoms with Crippen LogP contribution in [0.5, 0.6) is 0 Å². The molecule has 0 fully saturated rings. The lowest BCUT2D eigenvalue weighted by molar-refractivity contribution is 0.141. The van der Waals surface area contributed by atoms with Gasteiger partial charge < -0.3 is 4.74 Å². The zero-order valence-electron chi connectivity index (χ0n) is 12.5. The quantitative estimate of drug-likeness (QED) is 0.681. The summed E-state index contributed by atoms with van der Waals surface area (Å²) in [6.45, 7) is 3.61. The molecular formula is C16H19N3OS2. The van der Waals surface area contributed by atoms with Crippen molar-refractivity contribution >= 4 is 22.7 Å². The molecule has 3 rings (SSSR count). The Labute approximate surface area is 138 Å². The van der Waals surface area contributed by atoms with Gasteiger partial charge in [-0.25, -0.2) is 0 Å². The summed E-state index contributed by atoms with van der Waals surface area (Å²) in [5.41, 5.74) is 1.08. The highest BCUT2D eigenvalue weighted by Gasteiger charge is 2.10. The van der Waals surface area contributed by atoms with E-state index in [4.69, 9.17) is 4.74 Å². The summed E-state index contributed by atoms with van der Waals surface area (Å²) in [5.74, 6) is 0. The van der Waals surface area contributed by atoms with Gasteiger partial charge >= 0.3 is 0 Å². The van der Waals surface area contributed by atoms with Gasteiger partial charge in [-0.05, 0) is 29.6 Å². The molecule has 1 N–H and O–H groups in total. The number of thiophene rings is 2. The largest absolute Gasteiger partial charge is 0.383 e. The third-order valence-electron chi connectivity index (χ3n) is 3.38. The number of aromatic amines is 1. The minimum Gasteiger partial charge on any atom is -0.383 e. The number of aromatic nitrogens is 2. The summed E-state index contributed by atoms with van der Waals surface area (Å²) >= 11 is 3.62. The molecule has 116 valence electrons. The molecule has 0 aliphatic rings. The van der Waals surface area contributed by atoms with E-state index in [0.717, 1.165) is 31.9 Å². The Bertz CT molecular complexity index is 661. The molecule has 3 heterocycles. The fourth-order valence-electron chi connectivity index (χ4n) is 2.28. The first-order valence-electron chi connectivity index (χ1n) is 7.17. The van der Waals surface area contributed by atoms with Gasteiger partial charge in [-0.1, -0.05) is 6.07 Å². The van der Waals surface area contributed by atoms with Crippen LogP contribution in [0.3, 0.4) is 0 Å². The van der Waals surface area contributed by atoms with Crippen molar-refractivity contribution in [2.24, 2.45) is 0 Å². The van der Waals surface area contributed by atoms with E-state index in [-0.39, 0.29) is 0 Å². The lowest BCUT2D eigenvalue weighted by Gasteiger charge is -2.20. The average Bonchev–Trinajstić information content (AvgIpc) is 3.26. The molecule has 6 heteroatoms. The topological polar surface area (TPSA) is 41.1 Å². The molecule has 0 aliphatic heterocycles. The van der Waals surface area contributed by atoms with Crippen LogP contribution in [0.15, 0.2) is 41.9 Å². The van der Waals surface area contributed by atoms with Crippen molar-refractivity contribution in [2.45, 2.75) is 13.1 Å². The number of rotatable bonds is 8. The molecule has 0 spiro atoms. The SMILES string of the molecule is COCCN(Cc1cccs1)Cc1ccc(-c2ccn[nH]2)s1. The van der Waals surface area contributed by atoms with E-state index in [0.29, 0.717) is 0 Å². The van der Waals surface area contributed by atoms with Crippen LogP contribution in [0, 0.1) is 0 Å². The molecule has 0 aromatic carbocycles. The molecule has 0 radical (unpaired) electrons. The van der Waals surface area contributed by atoms with Gasteiger partial charge in [-0.2, -0.15) is 5.10 Å². The molecule has 3 aromatic rings. The van der Waals surface area contributed by atoms with E-state index < -0.39 is 0 Å². The van der Waals surface area contributed by atoms with Gasteiger partial charge in [0, 0.05) is 42.7 Å². The van der Waals surface area contributed by atoms with E-state index in [1.54, 1.807) is 24.6 Å². The maximum absolute atomic E-state index is 5.25. The maximum atomic E-state index is 5.25. The van der Waals surface area contributed by atoms with Gasteiger partial charge in [0.15, 0.2) is 0 Å². The fourth-order valence-corrected chi connectivity index (χ4v) is 4.05. The highest BCUT2D eigenvalue weighted by atomic mass is 32.1. The van der Waals surface area contributed by atoms with Gasteiger partial charge in [0.05, 0.1) is 17.2 Å². The Kier molecular flexibility index (Phi) is 5.39. The predicted octanol–water partition coefficient (Wildman–Crippen LogP) is 3.85. The van der Waals surface area contributed by atoms with E-state index in [9.17, 15) is 0 Å². The third kappa shape index (κ3) is 4.04. The molecule has 4 nitrogen and oxygen atoms in total. The summed E-state index contributed by atoms with van der Waals surface area (Å²) in [7, 11) is 1.75. The Morgan fingerprint density at radius 3 is 2.82 bits per heavy atom. The van der Waals surface area contributed by atoms with Gasteiger partial charge in [-0.3, -0.25) is 10.00 Å². The van der Waals surface area contributed by atoms with Gasteiger partial charge in [-0.15, -0.1) is 22.7 Å². The molecule has 0 atom stereocenters. The van der Waals surface area contributed by atoms with Crippen molar-refractivity contribution in [2.75, 3.05) is 20.3 Å². The number of hydrogen-bond acceptors (Lipinski definition) is 5. The van der Waals surface area contributed by atoms with Crippen molar-refractivity contribution in [1.29, 1.82) is 0 Å². The van der Waals surface area contributed by atoms with Crippen molar-refractivity contribution in [3.05, 3.63) is 51.7 Å². The van der Waals surface area contributed by atoms with Crippen molar-refractivity contribution in [3.8, 4) is 10.6 Å². The monoisotopic (exact) mass is 333 g/mol. The van der Waals surface area contributed by atoms with Crippen LogP contribution >= 0.6 is 22.7 Å². The van der Waals surface area contributed by atoms with Gasteiger partial charge in [0.25, 0.3) is 0 Å². The molecule has 0 amide bonds. The second-order valence-electron chi connectivity index (χ2n) is 5.02. The van der Waals surface area contributed by atoms with Crippen LogP contribution in [0.4, 0.5) is 0 Å². The first kappa shape index (κ1) is 15.4. The minimum atomic E-state index is 0.754. The maximum Gasteiger partial charge on any atom is 0.0749 e. The number of methoxy groups -OCH3 is 1. The summed E-state index contributed by atoms with van der Waals surface area (Å²) in [4.78, 5) is 6.41. The number of nitrogens with one attached hydrogen (secondary N) is 1. The molecule has 0 unspecified atom stereocenters. The summed E-state index contributed by atoms with van der Waals surface area (Å²) in [5, 5.41) is 9.16. The highest BCUT2D eigenvalue weighted by molar-refractivity contribution is 7.15. The number of H-pyrrole nitrogens is 1. The summed E-state index contributed by atoms with van der Waals surface area (Å²) in [6, 6.07) is 10.7. The Balaban J connectivity index is 1.67. The summed E-state index contributed by atoms with van der Waals surface area (Å²) in [6.07, 6.45) is 1.79. The zero-order chi connectivity index (χ0) is 15.2. The second-order valence-corrected chi connectivity index (χ2v) is 7.22. The molecule has 0 saturated heterocycles. The van der Waals surface area contributed by atoms with Crippen LogP contribution in [0.1, 0.15) is 9.75 Å². The first-order valence-corrected chi connectivity index (χ1v) is 8.87. The highest BCUT2D eigenvalue weighted by Crippen LogP contribution is 2.27. The van der Waals surface area contributed by atoms with E-state index in [1.807, 2.05) is 17.4 Å². The first-order chi connectivity index (χ1) is 10.8. The Morgan fingerprint density at radius 1 is 1.18 bits per heavy atom. The lowest BCUT2D eigenvalue weighted by atomic mass is 10.3. The number of nitrogens with zero attached hydrogens (tertiary/aromatic N) is 2. The van der Waals surface area contributed by atoms with Crippen molar-refractivity contribution < 1.29 is 4.74 Å². The standard InChI is InChI=1S/C16H19N3OS2/c1-20-9-8-19(11-13-3-2-10-21-13)12-14-4-5-16(22-14)15-6-7-17-18-15/h2-7,10H,8-9,11-12H2,1H3,(H,17,18). The van der Waals surface area contributed by atoms with E-state index in [1.165, 1.54) is 14.6 Å². The smallest absolute Gasteiger partial charge is 0.0749 e. The Morgan fingerprint density at radius 2 is 2.09 bits per heavy atom. The molecule has 0 bridgehead atoms. The average molecular weight is 333 g/mol. The molecular weight excluding hydrogens is 314 g/mol. The van der Waals surface area contributed by atoms with Gasteiger partial charge in [0.2, 0.25) is 0 Å². The predicted molar refractivity (Wildman–Crippen MR) is 92.2 cm³/mol. The number of ether oxygens (including phenoxy) is 1.